The van der Waals surface area contributed by atoms with Crippen LogP contribution in [0.15, 0.2) is 24.3 Å². The first-order chi connectivity index (χ1) is 7.81. The second kappa shape index (κ2) is 5.35. The van der Waals surface area contributed by atoms with Gasteiger partial charge < -0.3 is 10.2 Å². The minimum atomic E-state index is 0.777. The summed E-state index contributed by atoms with van der Waals surface area (Å²) in [5, 5.41) is 3.34. The van der Waals surface area contributed by atoms with E-state index in [0.29, 0.717) is 0 Å². The van der Waals surface area contributed by atoms with Crippen molar-refractivity contribution in [3.05, 3.63) is 29.8 Å². The molecule has 0 amide bonds. The number of anilines is 1. The molecule has 0 aromatic heterocycles. The van der Waals surface area contributed by atoms with Gasteiger partial charge in [0.25, 0.3) is 0 Å². The summed E-state index contributed by atoms with van der Waals surface area (Å²) in [7, 11) is 2.21. The maximum Gasteiger partial charge on any atom is 0.0366 e. The Hall–Kier alpha value is -1.02. The Morgan fingerprint density at radius 1 is 1.25 bits per heavy atom. The van der Waals surface area contributed by atoms with Crippen molar-refractivity contribution in [3.8, 4) is 0 Å². The summed E-state index contributed by atoms with van der Waals surface area (Å²) >= 11 is 0. The fourth-order valence-corrected chi connectivity index (χ4v) is 2.10. The molecule has 0 bridgehead atoms. The van der Waals surface area contributed by atoms with Gasteiger partial charge in [-0.25, -0.2) is 0 Å². The van der Waals surface area contributed by atoms with E-state index in [0.717, 1.165) is 19.1 Å². The molecule has 0 atom stereocenters. The zero-order valence-corrected chi connectivity index (χ0v) is 10.4. The van der Waals surface area contributed by atoms with E-state index in [9.17, 15) is 0 Å². The van der Waals surface area contributed by atoms with Gasteiger partial charge in [0, 0.05) is 25.3 Å². The zero-order chi connectivity index (χ0) is 11.4. The molecular formula is C14H22N2. The minimum Gasteiger partial charge on any atom is -0.372 e. The molecular weight excluding hydrogens is 196 g/mol. The number of nitrogens with zero attached hydrogens (tertiary/aromatic N) is 1. The second-order valence-electron chi connectivity index (χ2n) is 4.64. The summed E-state index contributed by atoms with van der Waals surface area (Å²) in [5.74, 6) is 0. The van der Waals surface area contributed by atoms with Crippen LogP contribution < -0.4 is 10.2 Å². The Morgan fingerprint density at radius 3 is 2.44 bits per heavy atom. The van der Waals surface area contributed by atoms with Crippen molar-refractivity contribution < 1.29 is 0 Å². The van der Waals surface area contributed by atoms with Gasteiger partial charge in [-0.05, 0) is 43.5 Å². The lowest BCUT2D eigenvalue weighted by Crippen LogP contribution is -2.37. The van der Waals surface area contributed by atoms with E-state index in [1.54, 1.807) is 0 Å². The number of hydrogen-bond acceptors (Lipinski definition) is 2. The van der Waals surface area contributed by atoms with Gasteiger partial charge in [-0.2, -0.15) is 0 Å². The molecule has 1 saturated carbocycles. The molecule has 1 fully saturated rings. The monoisotopic (exact) mass is 218 g/mol. The average molecular weight is 218 g/mol. The van der Waals surface area contributed by atoms with Gasteiger partial charge in [-0.15, -0.1) is 0 Å². The van der Waals surface area contributed by atoms with E-state index in [1.807, 2.05) is 0 Å². The van der Waals surface area contributed by atoms with Crippen molar-refractivity contribution in [2.45, 2.75) is 38.8 Å². The van der Waals surface area contributed by atoms with Crippen LogP contribution >= 0.6 is 0 Å². The molecule has 0 saturated heterocycles. The van der Waals surface area contributed by atoms with E-state index in [1.165, 1.54) is 30.5 Å². The lowest BCUT2D eigenvalue weighted by molar-refractivity contribution is 0.401. The first-order valence-corrected chi connectivity index (χ1v) is 6.33. The van der Waals surface area contributed by atoms with E-state index in [-0.39, 0.29) is 0 Å². The summed E-state index contributed by atoms with van der Waals surface area (Å²) in [4.78, 5) is 2.42. The maximum atomic E-state index is 3.34. The van der Waals surface area contributed by atoms with E-state index >= 15 is 0 Å². The van der Waals surface area contributed by atoms with E-state index in [4.69, 9.17) is 0 Å². The minimum absolute atomic E-state index is 0.777. The van der Waals surface area contributed by atoms with Crippen LogP contribution in [0.4, 0.5) is 5.69 Å². The predicted molar refractivity (Wildman–Crippen MR) is 69.9 cm³/mol. The van der Waals surface area contributed by atoms with Crippen molar-refractivity contribution in [3.63, 3.8) is 0 Å². The normalized spacial score (nSPS) is 15.9. The van der Waals surface area contributed by atoms with Crippen molar-refractivity contribution in [2.24, 2.45) is 0 Å². The third-order valence-corrected chi connectivity index (χ3v) is 3.55. The van der Waals surface area contributed by atoms with Gasteiger partial charge in [-0.1, -0.05) is 19.1 Å². The Labute approximate surface area is 98.7 Å². The van der Waals surface area contributed by atoms with Crippen LogP contribution in [-0.2, 0) is 6.54 Å². The average Bonchev–Trinajstić information content (AvgIpc) is 2.24. The maximum absolute atomic E-state index is 3.34. The molecule has 88 valence electrons. The summed E-state index contributed by atoms with van der Waals surface area (Å²) in [6.07, 6.45) is 4.11. The van der Waals surface area contributed by atoms with Gasteiger partial charge in [0.15, 0.2) is 0 Å². The molecule has 0 unspecified atom stereocenters. The van der Waals surface area contributed by atoms with Crippen molar-refractivity contribution in [1.82, 2.24) is 5.32 Å². The zero-order valence-electron chi connectivity index (χ0n) is 10.4. The lowest BCUT2D eigenvalue weighted by atomic mass is 9.91. The Balaban J connectivity index is 1.95. The van der Waals surface area contributed by atoms with Crippen LogP contribution in [0.25, 0.3) is 0 Å². The van der Waals surface area contributed by atoms with Crippen molar-refractivity contribution >= 4 is 5.69 Å². The molecule has 0 spiro atoms. The van der Waals surface area contributed by atoms with Crippen molar-refractivity contribution in [1.29, 1.82) is 0 Å². The molecule has 1 aromatic carbocycles. The lowest BCUT2D eigenvalue weighted by Gasteiger charge is -2.36. The Bertz CT molecular complexity index is 314. The smallest absolute Gasteiger partial charge is 0.0366 e. The molecule has 1 aliphatic rings. The fraction of sp³-hybridized carbons (Fsp3) is 0.571. The third kappa shape index (κ3) is 2.56. The van der Waals surface area contributed by atoms with Crippen molar-refractivity contribution in [2.75, 3.05) is 18.5 Å². The van der Waals surface area contributed by atoms with Crippen LogP contribution in [0.2, 0.25) is 0 Å². The largest absolute Gasteiger partial charge is 0.372 e. The Morgan fingerprint density at radius 2 is 1.94 bits per heavy atom. The molecule has 0 heterocycles. The second-order valence-corrected chi connectivity index (χ2v) is 4.64. The SMILES string of the molecule is CCNCc1ccc(N(C)C2CCC2)cc1. The molecule has 16 heavy (non-hydrogen) atoms. The number of hydrogen-bond donors (Lipinski definition) is 1. The molecule has 1 N–H and O–H groups in total. The highest BCUT2D eigenvalue weighted by atomic mass is 15.1. The fourth-order valence-electron chi connectivity index (χ4n) is 2.10. The third-order valence-electron chi connectivity index (χ3n) is 3.55. The number of nitrogens with one attached hydrogen (secondary N) is 1. The van der Waals surface area contributed by atoms with Crippen LogP contribution in [0, 0.1) is 0 Å². The molecule has 0 radical (unpaired) electrons. The highest BCUT2D eigenvalue weighted by Gasteiger charge is 2.21. The summed E-state index contributed by atoms with van der Waals surface area (Å²) < 4.78 is 0. The molecule has 0 aliphatic heterocycles. The quantitative estimate of drug-likeness (QED) is 0.817. The Kier molecular flexibility index (Phi) is 3.83. The van der Waals surface area contributed by atoms with Crippen LogP contribution in [0.1, 0.15) is 31.7 Å². The van der Waals surface area contributed by atoms with Gasteiger partial charge in [0.05, 0.1) is 0 Å². The predicted octanol–water partition coefficient (Wildman–Crippen LogP) is 2.78. The van der Waals surface area contributed by atoms with E-state index in [2.05, 4.69) is 48.5 Å². The molecule has 2 nitrogen and oxygen atoms in total. The molecule has 1 aromatic rings. The van der Waals surface area contributed by atoms with Gasteiger partial charge in [0.1, 0.15) is 0 Å². The molecule has 1 aliphatic carbocycles. The topological polar surface area (TPSA) is 15.3 Å². The highest BCUT2D eigenvalue weighted by molar-refractivity contribution is 5.48. The first-order valence-electron chi connectivity index (χ1n) is 6.33. The summed E-state index contributed by atoms with van der Waals surface area (Å²) in [6, 6.07) is 9.72. The van der Waals surface area contributed by atoms with Crippen LogP contribution in [-0.4, -0.2) is 19.6 Å². The summed E-state index contributed by atoms with van der Waals surface area (Å²) in [6.45, 7) is 4.15. The number of rotatable bonds is 5. The van der Waals surface area contributed by atoms with E-state index < -0.39 is 0 Å². The van der Waals surface area contributed by atoms with Crippen LogP contribution in [0.3, 0.4) is 0 Å². The first kappa shape index (κ1) is 11.5. The van der Waals surface area contributed by atoms with Gasteiger partial charge >= 0.3 is 0 Å². The molecule has 2 heteroatoms. The highest BCUT2D eigenvalue weighted by Crippen LogP contribution is 2.28. The van der Waals surface area contributed by atoms with Crippen LogP contribution in [0.5, 0.6) is 0 Å². The van der Waals surface area contributed by atoms with Gasteiger partial charge in [0.2, 0.25) is 0 Å². The van der Waals surface area contributed by atoms with Gasteiger partial charge in [-0.3, -0.25) is 0 Å². The molecule has 2 rings (SSSR count). The number of benzene rings is 1. The standard InChI is InChI=1S/C14H22N2/c1-3-15-11-12-7-9-14(10-8-12)16(2)13-5-4-6-13/h7-10,13,15H,3-6,11H2,1-2H3. The summed E-state index contributed by atoms with van der Waals surface area (Å²) in [5.41, 5.74) is 2.72.